The summed E-state index contributed by atoms with van der Waals surface area (Å²) >= 11 is 0.816. The smallest absolute Gasteiger partial charge is 0.269 e. The standard InChI is InChI=1S/C15H21N5O3S2/c1-11-6-4-7-12(10-11)13(21)17-14-18-19-15(24-14)25(22,23)16-8-5-9-20(2)3/h4,6-7,10,16H,5,8-9H2,1-3H3,(H,17,18,21). The number of amides is 1. The molecule has 0 bridgehead atoms. The van der Waals surface area contributed by atoms with Crippen LogP contribution >= 0.6 is 11.3 Å². The van der Waals surface area contributed by atoms with E-state index >= 15 is 0 Å². The first-order chi connectivity index (χ1) is 11.8. The van der Waals surface area contributed by atoms with Gasteiger partial charge < -0.3 is 4.90 Å². The summed E-state index contributed by atoms with van der Waals surface area (Å²) in [5.41, 5.74) is 1.43. The van der Waals surface area contributed by atoms with Crippen molar-refractivity contribution in [3.05, 3.63) is 35.4 Å². The Hall–Kier alpha value is -1.88. The Morgan fingerprint density at radius 2 is 2.04 bits per heavy atom. The normalized spacial score (nSPS) is 11.7. The SMILES string of the molecule is Cc1cccc(C(=O)Nc2nnc(S(=O)(=O)NCCCN(C)C)s2)c1. The molecule has 0 aliphatic heterocycles. The molecule has 0 radical (unpaired) electrons. The van der Waals surface area contributed by atoms with E-state index in [9.17, 15) is 13.2 Å². The first-order valence-electron chi connectivity index (χ1n) is 7.64. The molecule has 2 aromatic rings. The second-order valence-corrected chi connectivity index (χ2v) is 8.67. The molecule has 1 aromatic heterocycles. The molecule has 0 atom stereocenters. The highest BCUT2D eigenvalue weighted by Gasteiger charge is 2.20. The predicted octanol–water partition coefficient (Wildman–Crippen LogP) is 1.33. The van der Waals surface area contributed by atoms with Crippen molar-refractivity contribution < 1.29 is 13.2 Å². The number of anilines is 1. The molecule has 0 saturated heterocycles. The molecule has 25 heavy (non-hydrogen) atoms. The number of aryl methyl sites for hydroxylation is 1. The minimum absolute atomic E-state index is 0.139. The predicted molar refractivity (Wildman–Crippen MR) is 97.4 cm³/mol. The number of sulfonamides is 1. The Morgan fingerprint density at radius 3 is 2.72 bits per heavy atom. The first-order valence-corrected chi connectivity index (χ1v) is 9.94. The zero-order valence-electron chi connectivity index (χ0n) is 14.3. The highest BCUT2D eigenvalue weighted by Crippen LogP contribution is 2.20. The maximum Gasteiger partial charge on any atom is 0.269 e. The van der Waals surface area contributed by atoms with Crippen LogP contribution in [0.4, 0.5) is 5.13 Å². The number of aromatic nitrogens is 2. The van der Waals surface area contributed by atoms with Gasteiger partial charge in [-0.15, -0.1) is 10.2 Å². The Morgan fingerprint density at radius 1 is 1.28 bits per heavy atom. The molecule has 2 N–H and O–H groups in total. The summed E-state index contributed by atoms with van der Waals surface area (Å²) in [6.07, 6.45) is 0.683. The van der Waals surface area contributed by atoms with E-state index in [4.69, 9.17) is 0 Å². The number of nitrogens with one attached hydrogen (secondary N) is 2. The van der Waals surface area contributed by atoms with Gasteiger partial charge in [0.05, 0.1) is 0 Å². The Labute approximate surface area is 151 Å². The number of rotatable bonds is 8. The third-order valence-corrected chi connectivity index (χ3v) is 5.88. The largest absolute Gasteiger partial charge is 0.309 e. The molecule has 0 fully saturated rings. The van der Waals surface area contributed by atoms with Gasteiger partial charge in [-0.1, -0.05) is 29.0 Å². The molecule has 0 aliphatic rings. The van der Waals surface area contributed by atoms with Crippen molar-refractivity contribution in [1.29, 1.82) is 0 Å². The van der Waals surface area contributed by atoms with Crippen LogP contribution < -0.4 is 10.0 Å². The van der Waals surface area contributed by atoms with Gasteiger partial charge in [-0.2, -0.15) is 0 Å². The average molecular weight is 383 g/mol. The van der Waals surface area contributed by atoms with Gasteiger partial charge in [-0.25, -0.2) is 13.1 Å². The lowest BCUT2D eigenvalue weighted by Crippen LogP contribution is -2.27. The van der Waals surface area contributed by atoms with E-state index in [0.29, 0.717) is 18.5 Å². The number of hydrogen-bond acceptors (Lipinski definition) is 7. The van der Waals surface area contributed by atoms with Gasteiger partial charge in [0.25, 0.3) is 15.9 Å². The van der Waals surface area contributed by atoms with Crippen LogP contribution in [0.25, 0.3) is 0 Å². The van der Waals surface area contributed by atoms with E-state index in [1.807, 2.05) is 32.0 Å². The minimum atomic E-state index is -3.72. The molecule has 0 aliphatic carbocycles. The molecule has 0 spiro atoms. The van der Waals surface area contributed by atoms with Crippen LogP contribution in [0.5, 0.6) is 0 Å². The number of carbonyl (C=O) groups is 1. The zero-order valence-corrected chi connectivity index (χ0v) is 15.9. The molecule has 1 heterocycles. The van der Waals surface area contributed by atoms with E-state index in [2.05, 4.69) is 20.2 Å². The van der Waals surface area contributed by atoms with Gasteiger partial charge in [-0.05, 0) is 46.1 Å². The van der Waals surface area contributed by atoms with E-state index in [0.717, 1.165) is 23.4 Å². The lowest BCUT2D eigenvalue weighted by molar-refractivity contribution is 0.102. The number of benzene rings is 1. The Bertz CT molecular complexity index is 833. The van der Waals surface area contributed by atoms with Crippen LogP contribution in [0, 0.1) is 6.92 Å². The number of hydrogen-bond donors (Lipinski definition) is 2. The number of carbonyl (C=O) groups excluding carboxylic acids is 1. The average Bonchev–Trinajstić information content (AvgIpc) is 3.01. The van der Waals surface area contributed by atoms with Crippen LogP contribution in [-0.4, -0.2) is 56.6 Å². The van der Waals surface area contributed by atoms with Crippen LogP contribution in [-0.2, 0) is 10.0 Å². The van der Waals surface area contributed by atoms with Gasteiger partial charge in [0.15, 0.2) is 0 Å². The fourth-order valence-electron chi connectivity index (χ4n) is 1.99. The molecule has 0 unspecified atom stereocenters. The summed E-state index contributed by atoms with van der Waals surface area (Å²) < 4.78 is 26.6. The lowest BCUT2D eigenvalue weighted by Gasteiger charge is -2.09. The molecule has 0 saturated carbocycles. The third-order valence-electron chi connectivity index (χ3n) is 3.21. The van der Waals surface area contributed by atoms with E-state index < -0.39 is 10.0 Å². The van der Waals surface area contributed by atoms with Crippen LogP contribution in [0.15, 0.2) is 28.6 Å². The molecule has 8 nitrogen and oxygen atoms in total. The number of nitrogens with zero attached hydrogens (tertiary/aromatic N) is 3. The minimum Gasteiger partial charge on any atom is -0.309 e. The summed E-state index contributed by atoms with van der Waals surface area (Å²) in [4.78, 5) is 14.1. The van der Waals surface area contributed by atoms with Crippen LogP contribution in [0.3, 0.4) is 0 Å². The second-order valence-electron chi connectivity index (χ2n) is 5.75. The molecular formula is C15H21N5O3S2. The fraction of sp³-hybridized carbons (Fsp3) is 0.400. The van der Waals surface area contributed by atoms with Crippen molar-refractivity contribution in [1.82, 2.24) is 19.8 Å². The third kappa shape index (κ3) is 5.85. The van der Waals surface area contributed by atoms with Crippen molar-refractivity contribution in [2.45, 2.75) is 17.7 Å². The van der Waals surface area contributed by atoms with Gasteiger partial charge >= 0.3 is 0 Å². The highest BCUT2D eigenvalue weighted by atomic mass is 32.2. The van der Waals surface area contributed by atoms with Gasteiger partial charge in [0, 0.05) is 12.1 Å². The summed E-state index contributed by atoms with van der Waals surface area (Å²) in [5, 5.41) is 10.1. The van der Waals surface area contributed by atoms with Crippen LogP contribution in [0.1, 0.15) is 22.3 Å². The van der Waals surface area contributed by atoms with Crippen molar-refractivity contribution in [3.8, 4) is 0 Å². The fourth-order valence-corrected chi connectivity index (χ4v) is 4.00. The van der Waals surface area contributed by atoms with Gasteiger partial charge in [0.1, 0.15) is 0 Å². The maximum absolute atomic E-state index is 12.2. The first kappa shape index (κ1) is 19.4. The Balaban J connectivity index is 1.98. The zero-order chi connectivity index (χ0) is 18.4. The van der Waals surface area contributed by atoms with E-state index in [-0.39, 0.29) is 15.4 Å². The summed E-state index contributed by atoms with van der Waals surface area (Å²) in [5.74, 6) is -0.359. The molecule has 2 rings (SSSR count). The molecule has 1 aromatic carbocycles. The van der Waals surface area contributed by atoms with Crippen LogP contribution in [0.2, 0.25) is 0 Å². The topological polar surface area (TPSA) is 104 Å². The molecular weight excluding hydrogens is 362 g/mol. The van der Waals surface area contributed by atoms with Crippen molar-refractivity contribution in [3.63, 3.8) is 0 Å². The molecule has 10 heteroatoms. The maximum atomic E-state index is 12.2. The highest BCUT2D eigenvalue weighted by molar-refractivity contribution is 7.91. The lowest BCUT2D eigenvalue weighted by atomic mass is 10.1. The second kappa shape index (κ2) is 8.48. The quantitative estimate of drug-likeness (QED) is 0.526. The van der Waals surface area contributed by atoms with Gasteiger partial charge in [0.2, 0.25) is 9.47 Å². The summed E-state index contributed by atoms with van der Waals surface area (Å²) in [6, 6.07) is 7.07. The summed E-state index contributed by atoms with van der Waals surface area (Å²) in [6.45, 7) is 2.97. The molecule has 136 valence electrons. The van der Waals surface area contributed by atoms with Crippen molar-refractivity contribution in [2.24, 2.45) is 0 Å². The van der Waals surface area contributed by atoms with E-state index in [1.54, 1.807) is 18.2 Å². The van der Waals surface area contributed by atoms with Gasteiger partial charge in [-0.3, -0.25) is 10.1 Å². The summed E-state index contributed by atoms with van der Waals surface area (Å²) in [7, 11) is 0.119. The van der Waals surface area contributed by atoms with E-state index in [1.165, 1.54) is 0 Å². The van der Waals surface area contributed by atoms with Crippen molar-refractivity contribution in [2.75, 3.05) is 32.5 Å². The van der Waals surface area contributed by atoms with Crippen molar-refractivity contribution >= 4 is 32.4 Å². The monoisotopic (exact) mass is 383 g/mol. The Kier molecular flexibility index (Phi) is 6.59. The molecule has 1 amide bonds.